The first kappa shape index (κ1) is 22.1. The van der Waals surface area contributed by atoms with Crippen LogP contribution in [0.1, 0.15) is 50.0 Å². The number of benzene rings is 2. The SMILES string of the molecule is N=C(N)c1ccc(COc2nc(C3CNC(O)C3)nn2C(=O)c2cccc(C(=O)O)c2)cc1. The van der Waals surface area contributed by atoms with Crippen LogP contribution in [0.2, 0.25) is 0 Å². The minimum Gasteiger partial charge on any atom is -0.478 e. The second-order valence-electron chi connectivity index (χ2n) is 7.61. The van der Waals surface area contributed by atoms with Gasteiger partial charge in [-0.05, 0) is 30.2 Å². The molecule has 1 fully saturated rings. The van der Waals surface area contributed by atoms with Gasteiger partial charge in [0.1, 0.15) is 18.7 Å². The van der Waals surface area contributed by atoms with E-state index in [1.165, 1.54) is 24.3 Å². The predicted molar refractivity (Wildman–Crippen MR) is 116 cm³/mol. The number of aromatic nitrogens is 3. The van der Waals surface area contributed by atoms with E-state index in [0.29, 0.717) is 24.4 Å². The number of nitrogen functional groups attached to an aromatic ring is 1. The number of carboxylic acids is 1. The van der Waals surface area contributed by atoms with E-state index in [4.69, 9.17) is 15.9 Å². The molecule has 2 heterocycles. The molecule has 0 saturated carbocycles. The Bertz CT molecular complexity index is 1210. The van der Waals surface area contributed by atoms with E-state index in [1.54, 1.807) is 24.3 Å². The lowest BCUT2D eigenvalue weighted by molar-refractivity contribution is 0.0697. The van der Waals surface area contributed by atoms with Crippen LogP contribution in [0.4, 0.5) is 0 Å². The van der Waals surface area contributed by atoms with Crippen LogP contribution >= 0.6 is 0 Å². The van der Waals surface area contributed by atoms with E-state index in [-0.39, 0.29) is 35.5 Å². The summed E-state index contributed by atoms with van der Waals surface area (Å²) in [6, 6.07) is 12.4. The molecule has 11 heteroatoms. The quantitative estimate of drug-likeness (QED) is 0.259. The third kappa shape index (κ3) is 4.89. The summed E-state index contributed by atoms with van der Waals surface area (Å²) in [6.07, 6.45) is -0.299. The summed E-state index contributed by atoms with van der Waals surface area (Å²) in [4.78, 5) is 28.8. The van der Waals surface area contributed by atoms with Crippen molar-refractivity contribution in [2.45, 2.75) is 25.2 Å². The Kier molecular flexibility index (Phi) is 6.16. The maximum atomic E-state index is 13.2. The summed E-state index contributed by atoms with van der Waals surface area (Å²) in [5.41, 5.74) is 6.89. The zero-order chi connectivity index (χ0) is 23.5. The second-order valence-corrected chi connectivity index (χ2v) is 7.61. The number of carbonyl (C=O) groups is 2. The third-order valence-electron chi connectivity index (χ3n) is 5.25. The first-order valence-corrected chi connectivity index (χ1v) is 10.1. The lowest BCUT2D eigenvalue weighted by atomic mass is 10.1. The van der Waals surface area contributed by atoms with Gasteiger partial charge in [-0.2, -0.15) is 4.98 Å². The van der Waals surface area contributed by atoms with Crippen LogP contribution in [0, 0.1) is 5.41 Å². The average Bonchev–Trinajstić information content (AvgIpc) is 3.43. The summed E-state index contributed by atoms with van der Waals surface area (Å²) in [5.74, 6) is -1.67. The Balaban J connectivity index is 1.62. The number of nitrogens with zero attached hydrogens (tertiary/aromatic N) is 3. The van der Waals surface area contributed by atoms with E-state index in [2.05, 4.69) is 15.4 Å². The normalized spacial score (nSPS) is 17.6. The van der Waals surface area contributed by atoms with Crippen molar-refractivity contribution in [3.63, 3.8) is 0 Å². The van der Waals surface area contributed by atoms with Crippen LogP contribution in [-0.2, 0) is 6.61 Å². The van der Waals surface area contributed by atoms with Crippen molar-refractivity contribution in [1.82, 2.24) is 20.1 Å². The van der Waals surface area contributed by atoms with Gasteiger partial charge in [0.15, 0.2) is 5.82 Å². The molecule has 6 N–H and O–H groups in total. The van der Waals surface area contributed by atoms with Crippen molar-refractivity contribution < 1.29 is 24.5 Å². The van der Waals surface area contributed by atoms with Crippen molar-refractivity contribution in [2.24, 2.45) is 5.73 Å². The molecule has 2 atom stereocenters. The highest BCUT2D eigenvalue weighted by Gasteiger charge is 2.30. The van der Waals surface area contributed by atoms with Crippen molar-refractivity contribution in [1.29, 1.82) is 5.41 Å². The fourth-order valence-corrected chi connectivity index (χ4v) is 3.46. The van der Waals surface area contributed by atoms with Crippen molar-refractivity contribution in [2.75, 3.05) is 6.54 Å². The third-order valence-corrected chi connectivity index (χ3v) is 5.25. The molecule has 0 amide bonds. The van der Waals surface area contributed by atoms with Gasteiger partial charge in [0.25, 0.3) is 5.91 Å². The number of hydrogen-bond acceptors (Lipinski definition) is 8. The van der Waals surface area contributed by atoms with E-state index in [0.717, 1.165) is 10.2 Å². The molecule has 1 saturated heterocycles. The van der Waals surface area contributed by atoms with Crippen LogP contribution in [0.5, 0.6) is 6.01 Å². The summed E-state index contributed by atoms with van der Waals surface area (Å²) in [7, 11) is 0. The van der Waals surface area contributed by atoms with Gasteiger partial charge in [0, 0.05) is 23.6 Å². The number of aliphatic hydroxyl groups excluding tert-OH is 1. The first-order valence-electron chi connectivity index (χ1n) is 10.1. The molecule has 1 aliphatic rings. The van der Waals surface area contributed by atoms with Crippen LogP contribution in [0.3, 0.4) is 0 Å². The number of carbonyl (C=O) groups excluding carboxylic acids is 1. The summed E-state index contributed by atoms with van der Waals surface area (Å²) < 4.78 is 6.80. The van der Waals surface area contributed by atoms with Gasteiger partial charge in [0.05, 0.1) is 5.56 Å². The molecular weight excluding hydrogens is 428 g/mol. The number of hydrogen-bond donors (Lipinski definition) is 5. The maximum absolute atomic E-state index is 13.2. The number of carboxylic acid groups (broad SMARTS) is 1. The fourth-order valence-electron chi connectivity index (χ4n) is 3.46. The van der Waals surface area contributed by atoms with E-state index in [9.17, 15) is 19.8 Å². The van der Waals surface area contributed by atoms with Crippen LogP contribution < -0.4 is 15.8 Å². The maximum Gasteiger partial charge on any atom is 0.335 e. The number of amidine groups is 1. The average molecular weight is 450 g/mol. The standard InChI is InChI=1S/C22H22N6O5/c23-18(24)13-6-4-12(5-7-13)11-33-22-26-19(16-9-17(29)25-10-16)27-28(22)20(30)14-2-1-3-15(8-14)21(31)32/h1-8,16-17,25,29H,9-11H2,(H3,23,24)(H,31,32). The number of aliphatic hydroxyl groups is 1. The zero-order valence-corrected chi connectivity index (χ0v) is 17.4. The number of ether oxygens (including phenoxy) is 1. The monoisotopic (exact) mass is 450 g/mol. The van der Waals surface area contributed by atoms with Gasteiger partial charge in [-0.3, -0.25) is 15.5 Å². The van der Waals surface area contributed by atoms with Crippen LogP contribution in [0.25, 0.3) is 0 Å². The lowest BCUT2D eigenvalue weighted by Crippen LogP contribution is -2.19. The van der Waals surface area contributed by atoms with Crippen LogP contribution in [0.15, 0.2) is 48.5 Å². The minimum absolute atomic E-state index is 0.0302. The van der Waals surface area contributed by atoms with Crippen molar-refractivity contribution in [3.8, 4) is 6.01 Å². The van der Waals surface area contributed by atoms with Gasteiger partial charge >= 0.3 is 12.0 Å². The molecule has 0 radical (unpaired) electrons. The zero-order valence-electron chi connectivity index (χ0n) is 17.4. The van der Waals surface area contributed by atoms with Crippen molar-refractivity contribution in [3.05, 3.63) is 76.6 Å². The topological polar surface area (TPSA) is 176 Å². The molecular formula is C22H22N6O5. The molecule has 0 bridgehead atoms. The highest BCUT2D eigenvalue weighted by atomic mass is 16.5. The summed E-state index contributed by atoms with van der Waals surface area (Å²) >= 11 is 0. The number of rotatable bonds is 7. The number of nitrogens with one attached hydrogen (secondary N) is 2. The predicted octanol–water partition coefficient (Wildman–Crippen LogP) is 0.923. The number of aromatic carboxylic acids is 1. The molecule has 33 heavy (non-hydrogen) atoms. The molecule has 170 valence electrons. The largest absolute Gasteiger partial charge is 0.478 e. The Morgan fingerprint density at radius 3 is 2.55 bits per heavy atom. The highest BCUT2D eigenvalue weighted by molar-refractivity contribution is 5.98. The Morgan fingerprint density at radius 2 is 1.91 bits per heavy atom. The molecule has 2 aromatic carbocycles. The van der Waals surface area contributed by atoms with E-state index in [1.807, 2.05) is 0 Å². The summed E-state index contributed by atoms with van der Waals surface area (Å²) in [6.45, 7) is 0.518. The first-order chi connectivity index (χ1) is 15.8. The molecule has 1 aliphatic heterocycles. The smallest absolute Gasteiger partial charge is 0.335 e. The molecule has 11 nitrogen and oxygen atoms in total. The van der Waals surface area contributed by atoms with E-state index >= 15 is 0 Å². The Morgan fingerprint density at radius 1 is 1.18 bits per heavy atom. The van der Waals surface area contributed by atoms with Gasteiger partial charge in [0.2, 0.25) is 0 Å². The van der Waals surface area contributed by atoms with Crippen LogP contribution in [-0.4, -0.2) is 55.5 Å². The van der Waals surface area contributed by atoms with Gasteiger partial charge in [-0.1, -0.05) is 30.3 Å². The minimum atomic E-state index is -1.15. The molecule has 2 unspecified atom stereocenters. The molecule has 0 aliphatic carbocycles. The fraction of sp³-hybridized carbons (Fsp3) is 0.227. The Labute approximate surface area is 188 Å². The van der Waals surface area contributed by atoms with E-state index < -0.39 is 18.1 Å². The van der Waals surface area contributed by atoms with Gasteiger partial charge < -0.3 is 20.7 Å². The Hall–Kier alpha value is -4.09. The molecule has 0 spiro atoms. The van der Waals surface area contributed by atoms with Gasteiger partial charge in [-0.15, -0.1) is 9.78 Å². The number of nitrogens with two attached hydrogens (primary N) is 1. The molecule has 4 rings (SSSR count). The van der Waals surface area contributed by atoms with Crippen molar-refractivity contribution >= 4 is 17.7 Å². The highest BCUT2D eigenvalue weighted by Crippen LogP contribution is 2.25. The van der Waals surface area contributed by atoms with Gasteiger partial charge in [-0.25, -0.2) is 4.79 Å². The lowest BCUT2D eigenvalue weighted by Gasteiger charge is -2.08. The molecule has 3 aromatic rings. The second kappa shape index (κ2) is 9.18. The summed E-state index contributed by atoms with van der Waals surface area (Å²) in [5, 5.41) is 33.7. The molecule has 1 aromatic heterocycles.